The summed E-state index contributed by atoms with van der Waals surface area (Å²) < 4.78 is 74.5. The molecule has 0 bridgehead atoms. The normalized spacial score (nSPS) is 17.6. The molecule has 1 amide bonds. The summed E-state index contributed by atoms with van der Waals surface area (Å²) >= 11 is 0. The average Bonchev–Trinajstić information content (AvgIpc) is 2.78. The van der Waals surface area contributed by atoms with E-state index >= 15 is 0 Å². The molecule has 0 radical (unpaired) electrons. The Morgan fingerprint density at radius 3 is 2.50 bits per heavy atom. The number of benzene rings is 2. The monoisotopic (exact) mass is 472 g/mol. The Labute approximate surface area is 184 Å². The van der Waals surface area contributed by atoms with Gasteiger partial charge in [0.05, 0.1) is 23.6 Å². The lowest BCUT2D eigenvalue weighted by Crippen LogP contribution is -2.43. The van der Waals surface area contributed by atoms with Crippen molar-refractivity contribution in [1.82, 2.24) is 4.31 Å². The first-order valence-corrected chi connectivity index (χ1v) is 11.3. The van der Waals surface area contributed by atoms with Crippen molar-refractivity contribution in [3.05, 3.63) is 48.5 Å². The zero-order valence-corrected chi connectivity index (χ0v) is 18.1. The van der Waals surface area contributed by atoms with Crippen molar-refractivity contribution in [2.45, 2.75) is 23.9 Å². The van der Waals surface area contributed by atoms with Gasteiger partial charge in [-0.1, -0.05) is 12.1 Å². The average molecular weight is 472 g/mol. The summed E-state index contributed by atoms with van der Waals surface area (Å²) in [6.07, 6.45) is -3.59. The van der Waals surface area contributed by atoms with Crippen molar-refractivity contribution < 1.29 is 35.9 Å². The maximum atomic E-state index is 13.0. The number of para-hydroxylation sites is 2. The van der Waals surface area contributed by atoms with Gasteiger partial charge in [0.2, 0.25) is 15.9 Å². The number of sulfonamides is 1. The quantitative estimate of drug-likeness (QED) is 0.665. The molecule has 32 heavy (non-hydrogen) atoms. The minimum Gasteiger partial charge on any atom is -0.497 e. The predicted molar refractivity (Wildman–Crippen MR) is 111 cm³/mol. The van der Waals surface area contributed by atoms with Crippen LogP contribution in [0.15, 0.2) is 53.4 Å². The van der Waals surface area contributed by atoms with E-state index in [2.05, 4.69) is 5.32 Å². The second-order valence-corrected chi connectivity index (χ2v) is 9.20. The van der Waals surface area contributed by atoms with E-state index in [1.54, 1.807) is 18.2 Å². The topological polar surface area (TPSA) is 84.9 Å². The van der Waals surface area contributed by atoms with Gasteiger partial charge in [-0.2, -0.15) is 17.5 Å². The number of piperidine rings is 1. The Bertz CT molecular complexity index is 1040. The molecule has 1 atom stereocenters. The van der Waals surface area contributed by atoms with Crippen LogP contribution in [0, 0.1) is 5.92 Å². The number of anilines is 1. The van der Waals surface area contributed by atoms with Gasteiger partial charge in [0, 0.05) is 13.1 Å². The molecular formula is C21H23F3N2O5S. The van der Waals surface area contributed by atoms with Crippen molar-refractivity contribution in [3.63, 3.8) is 0 Å². The van der Waals surface area contributed by atoms with Crippen LogP contribution in [0.3, 0.4) is 0 Å². The van der Waals surface area contributed by atoms with Crippen molar-refractivity contribution in [3.8, 4) is 11.5 Å². The predicted octanol–water partition coefficient (Wildman–Crippen LogP) is 3.68. The molecule has 2 aromatic carbocycles. The molecular weight excluding hydrogens is 449 g/mol. The Kier molecular flexibility index (Phi) is 7.29. The Balaban J connectivity index is 1.70. The number of carbonyl (C=O) groups excluding carboxylic acids is 1. The van der Waals surface area contributed by atoms with Crippen molar-refractivity contribution in [1.29, 1.82) is 0 Å². The molecule has 0 aliphatic carbocycles. The summed E-state index contributed by atoms with van der Waals surface area (Å²) in [4.78, 5) is 12.9. The Morgan fingerprint density at radius 2 is 1.84 bits per heavy atom. The highest BCUT2D eigenvalue weighted by Crippen LogP contribution is 2.29. The Morgan fingerprint density at radius 1 is 1.16 bits per heavy atom. The van der Waals surface area contributed by atoms with Gasteiger partial charge in [0.15, 0.2) is 6.61 Å². The van der Waals surface area contributed by atoms with Crippen LogP contribution in [0.2, 0.25) is 0 Å². The van der Waals surface area contributed by atoms with Crippen LogP contribution >= 0.6 is 0 Å². The molecule has 1 aliphatic heterocycles. The first kappa shape index (κ1) is 23.9. The lowest BCUT2D eigenvalue weighted by molar-refractivity contribution is -0.153. The van der Waals surface area contributed by atoms with Crippen LogP contribution in [-0.4, -0.2) is 51.6 Å². The van der Waals surface area contributed by atoms with Gasteiger partial charge < -0.3 is 14.8 Å². The molecule has 0 spiro atoms. The molecule has 174 valence electrons. The molecule has 7 nitrogen and oxygen atoms in total. The summed E-state index contributed by atoms with van der Waals surface area (Å²) in [7, 11) is -2.34. The fraction of sp³-hybridized carbons (Fsp3) is 0.381. The number of nitrogens with one attached hydrogen (secondary N) is 1. The van der Waals surface area contributed by atoms with Crippen molar-refractivity contribution in [2.75, 3.05) is 32.1 Å². The molecule has 0 saturated carbocycles. The third-order valence-corrected chi connectivity index (χ3v) is 6.87. The SMILES string of the molecule is COc1ccc(S(=O)(=O)N2CCCC(C(=O)Nc3ccccc3OCC(F)(F)F)C2)cc1. The van der Waals surface area contributed by atoms with Gasteiger partial charge in [-0.05, 0) is 49.2 Å². The van der Waals surface area contributed by atoms with Gasteiger partial charge in [0.25, 0.3) is 0 Å². The number of hydrogen-bond acceptors (Lipinski definition) is 5. The third kappa shape index (κ3) is 5.92. The minimum atomic E-state index is -4.52. The smallest absolute Gasteiger partial charge is 0.422 e. The lowest BCUT2D eigenvalue weighted by Gasteiger charge is -2.31. The van der Waals surface area contributed by atoms with E-state index in [0.29, 0.717) is 18.6 Å². The second-order valence-electron chi connectivity index (χ2n) is 7.27. The number of ether oxygens (including phenoxy) is 2. The fourth-order valence-electron chi connectivity index (χ4n) is 3.36. The largest absolute Gasteiger partial charge is 0.497 e. The van der Waals surface area contributed by atoms with Gasteiger partial charge in [-0.3, -0.25) is 4.79 Å². The third-order valence-electron chi connectivity index (χ3n) is 4.99. The van der Waals surface area contributed by atoms with E-state index in [4.69, 9.17) is 9.47 Å². The highest BCUT2D eigenvalue weighted by Gasteiger charge is 2.34. The molecule has 1 heterocycles. The molecule has 1 saturated heterocycles. The van der Waals surface area contributed by atoms with E-state index in [0.717, 1.165) is 0 Å². The standard InChI is InChI=1S/C21H23F3N2O5S/c1-30-16-8-10-17(11-9-16)32(28,29)26-12-4-5-15(13-26)20(27)25-18-6-2-3-7-19(18)31-14-21(22,23)24/h2-3,6-11,15H,4-5,12-14H2,1H3,(H,25,27). The van der Waals surface area contributed by atoms with Crippen LogP contribution in [0.25, 0.3) is 0 Å². The van der Waals surface area contributed by atoms with Crippen molar-refractivity contribution >= 4 is 21.6 Å². The molecule has 3 rings (SSSR count). The van der Waals surface area contributed by atoms with Crippen LogP contribution in [0.5, 0.6) is 11.5 Å². The molecule has 0 aromatic heterocycles. The number of rotatable bonds is 7. The Hall–Kier alpha value is -2.79. The molecule has 1 aliphatic rings. The van der Waals surface area contributed by atoms with Crippen LogP contribution in [-0.2, 0) is 14.8 Å². The summed E-state index contributed by atoms with van der Waals surface area (Å²) in [6.45, 7) is -1.26. The highest BCUT2D eigenvalue weighted by molar-refractivity contribution is 7.89. The van der Waals surface area contributed by atoms with Crippen LogP contribution in [0.1, 0.15) is 12.8 Å². The zero-order chi connectivity index (χ0) is 23.4. The number of halogens is 3. The van der Waals surface area contributed by atoms with Crippen LogP contribution < -0.4 is 14.8 Å². The number of nitrogens with zero attached hydrogens (tertiary/aromatic N) is 1. The molecule has 1 unspecified atom stereocenters. The van der Waals surface area contributed by atoms with E-state index in [1.807, 2.05) is 0 Å². The molecule has 1 N–H and O–H groups in total. The molecule has 1 fully saturated rings. The number of amides is 1. The maximum absolute atomic E-state index is 13.0. The number of methoxy groups -OCH3 is 1. The number of alkyl halides is 3. The van der Waals surface area contributed by atoms with Gasteiger partial charge in [-0.25, -0.2) is 8.42 Å². The summed E-state index contributed by atoms with van der Waals surface area (Å²) in [5.41, 5.74) is 0.0943. The zero-order valence-electron chi connectivity index (χ0n) is 17.3. The van der Waals surface area contributed by atoms with E-state index in [-0.39, 0.29) is 29.4 Å². The van der Waals surface area contributed by atoms with E-state index < -0.39 is 34.6 Å². The number of hydrogen-bond donors (Lipinski definition) is 1. The molecule has 2 aromatic rings. The summed E-state index contributed by atoms with van der Waals surface area (Å²) in [6, 6.07) is 11.7. The highest BCUT2D eigenvalue weighted by atomic mass is 32.2. The van der Waals surface area contributed by atoms with Crippen molar-refractivity contribution in [2.24, 2.45) is 5.92 Å². The maximum Gasteiger partial charge on any atom is 0.422 e. The van der Waals surface area contributed by atoms with Gasteiger partial charge in [0.1, 0.15) is 11.5 Å². The second kappa shape index (κ2) is 9.78. The number of carbonyl (C=O) groups is 1. The van der Waals surface area contributed by atoms with E-state index in [9.17, 15) is 26.4 Å². The lowest BCUT2D eigenvalue weighted by atomic mass is 9.98. The first-order valence-electron chi connectivity index (χ1n) is 9.84. The first-order chi connectivity index (χ1) is 15.1. The summed E-state index contributed by atoms with van der Waals surface area (Å²) in [5, 5.41) is 2.57. The van der Waals surface area contributed by atoms with Gasteiger partial charge in [-0.15, -0.1) is 0 Å². The summed E-state index contributed by atoms with van der Waals surface area (Å²) in [5.74, 6) is -0.738. The molecule has 11 heteroatoms. The van der Waals surface area contributed by atoms with E-state index in [1.165, 1.54) is 41.7 Å². The van der Waals surface area contributed by atoms with Crippen LogP contribution in [0.4, 0.5) is 18.9 Å². The minimum absolute atomic E-state index is 0.0359. The van der Waals surface area contributed by atoms with Gasteiger partial charge >= 0.3 is 6.18 Å². The fourth-order valence-corrected chi connectivity index (χ4v) is 4.89.